The van der Waals surface area contributed by atoms with Crippen LogP contribution in [-0.4, -0.2) is 25.2 Å². The van der Waals surface area contributed by atoms with E-state index in [4.69, 9.17) is 9.47 Å². The van der Waals surface area contributed by atoms with Crippen LogP contribution in [0.1, 0.15) is 41.1 Å². The van der Waals surface area contributed by atoms with E-state index in [-0.39, 0.29) is 12.1 Å². The first-order valence-electron chi connectivity index (χ1n) is 11.0. The summed E-state index contributed by atoms with van der Waals surface area (Å²) in [7, 11) is 3.25. The van der Waals surface area contributed by atoms with Gasteiger partial charge in [0.15, 0.2) is 11.5 Å². The maximum absolute atomic E-state index is 13.6. The standard InChI is InChI=1S/C27H30N2O3/c1-19-9-4-7-13-23(19)28-27(30)29(18-20-15-16-25(31-2)26(17-20)32-3)24-14-8-11-21-10-5-6-12-22(21)24/h4-7,9-10,12-13,15-17,24H,8,11,14,18H2,1-3H3,(H,28,30). The minimum Gasteiger partial charge on any atom is -0.493 e. The predicted molar refractivity (Wildman–Crippen MR) is 127 cm³/mol. The summed E-state index contributed by atoms with van der Waals surface area (Å²) in [6.45, 7) is 2.47. The molecular weight excluding hydrogens is 400 g/mol. The highest BCUT2D eigenvalue weighted by molar-refractivity contribution is 5.90. The zero-order valence-electron chi connectivity index (χ0n) is 18.9. The molecule has 0 aliphatic heterocycles. The highest BCUT2D eigenvalue weighted by atomic mass is 16.5. The van der Waals surface area contributed by atoms with Crippen molar-refractivity contribution in [3.8, 4) is 11.5 Å². The number of urea groups is 1. The number of amides is 2. The quantitative estimate of drug-likeness (QED) is 0.512. The number of carbonyl (C=O) groups excluding carboxylic acids is 1. The topological polar surface area (TPSA) is 50.8 Å². The van der Waals surface area contributed by atoms with Crippen LogP contribution in [-0.2, 0) is 13.0 Å². The SMILES string of the molecule is COc1ccc(CN(C(=O)Nc2ccccc2C)C2CCCc3ccccc32)cc1OC. The van der Waals surface area contributed by atoms with Gasteiger partial charge in [-0.05, 0) is 66.6 Å². The number of aryl methyl sites for hydroxylation is 2. The van der Waals surface area contributed by atoms with Gasteiger partial charge in [0.25, 0.3) is 0 Å². The highest BCUT2D eigenvalue weighted by Gasteiger charge is 2.30. The monoisotopic (exact) mass is 430 g/mol. The molecule has 0 heterocycles. The highest BCUT2D eigenvalue weighted by Crippen LogP contribution is 2.36. The Bertz CT molecular complexity index is 1100. The van der Waals surface area contributed by atoms with Crippen molar-refractivity contribution in [2.24, 2.45) is 0 Å². The lowest BCUT2D eigenvalue weighted by atomic mass is 9.86. The van der Waals surface area contributed by atoms with Crippen molar-refractivity contribution in [1.82, 2.24) is 4.90 Å². The molecule has 0 saturated heterocycles. The van der Waals surface area contributed by atoms with E-state index in [1.165, 1.54) is 11.1 Å². The Balaban J connectivity index is 1.69. The predicted octanol–water partition coefficient (Wildman–Crippen LogP) is 6.12. The Labute approximate surface area is 190 Å². The Morgan fingerprint density at radius 3 is 2.53 bits per heavy atom. The minimum atomic E-state index is -0.101. The Morgan fingerprint density at radius 2 is 1.75 bits per heavy atom. The van der Waals surface area contributed by atoms with Gasteiger partial charge in [0.05, 0.1) is 20.3 Å². The van der Waals surface area contributed by atoms with Gasteiger partial charge in [0.1, 0.15) is 0 Å². The Kier molecular flexibility index (Phi) is 6.64. The van der Waals surface area contributed by atoms with Crippen LogP contribution in [0.2, 0.25) is 0 Å². The average Bonchev–Trinajstić information content (AvgIpc) is 2.83. The molecular formula is C27H30N2O3. The van der Waals surface area contributed by atoms with Gasteiger partial charge in [-0.2, -0.15) is 0 Å². The maximum atomic E-state index is 13.6. The Hall–Kier alpha value is -3.47. The second-order valence-electron chi connectivity index (χ2n) is 8.17. The molecule has 0 radical (unpaired) electrons. The third-order valence-electron chi connectivity index (χ3n) is 6.16. The molecule has 5 nitrogen and oxygen atoms in total. The molecule has 1 N–H and O–H groups in total. The van der Waals surface area contributed by atoms with Crippen LogP contribution in [0.5, 0.6) is 11.5 Å². The van der Waals surface area contributed by atoms with Crippen molar-refractivity contribution in [3.05, 3.63) is 89.0 Å². The van der Waals surface area contributed by atoms with E-state index in [1.54, 1.807) is 14.2 Å². The van der Waals surface area contributed by atoms with Gasteiger partial charge in [-0.25, -0.2) is 4.79 Å². The number of para-hydroxylation sites is 1. The summed E-state index contributed by atoms with van der Waals surface area (Å²) in [6, 6.07) is 22.1. The number of ether oxygens (including phenoxy) is 2. The molecule has 3 aromatic carbocycles. The van der Waals surface area contributed by atoms with Gasteiger partial charge >= 0.3 is 6.03 Å². The van der Waals surface area contributed by atoms with E-state index >= 15 is 0 Å². The van der Waals surface area contributed by atoms with E-state index in [0.717, 1.165) is 36.1 Å². The van der Waals surface area contributed by atoms with Crippen molar-refractivity contribution in [1.29, 1.82) is 0 Å². The van der Waals surface area contributed by atoms with Crippen LogP contribution in [0, 0.1) is 6.92 Å². The summed E-state index contributed by atoms with van der Waals surface area (Å²) in [6.07, 6.45) is 3.05. The number of hydrogen-bond acceptors (Lipinski definition) is 3. The maximum Gasteiger partial charge on any atom is 0.322 e. The number of carbonyl (C=O) groups is 1. The van der Waals surface area contributed by atoms with Crippen molar-refractivity contribution >= 4 is 11.7 Å². The average molecular weight is 431 g/mol. The molecule has 3 aromatic rings. The van der Waals surface area contributed by atoms with Gasteiger partial charge in [-0.15, -0.1) is 0 Å². The van der Waals surface area contributed by atoms with E-state index in [0.29, 0.717) is 18.0 Å². The number of benzene rings is 3. The number of fused-ring (bicyclic) bond motifs is 1. The van der Waals surface area contributed by atoms with Crippen LogP contribution < -0.4 is 14.8 Å². The van der Waals surface area contributed by atoms with Crippen LogP contribution in [0.4, 0.5) is 10.5 Å². The first-order valence-corrected chi connectivity index (χ1v) is 11.0. The number of anilines is 1. The van der Waals surface area contributed by atoms with Gasteiger partial charge in [-0.3, -0.25) is 0 Å². The fourth-order valence-corrected chi connectivity index (χ4v) is 4.45. The lowest BCUT2D eigenvalue weighted by molar-refractivity contribution is 0.175. The van der Waals surface area contributed by atoms with Crippen LogP contribution >= 0.6 is 0 Å². The molecule has 4 rings (SSSR count). The van der Waals surface area contributed by atoms with Gasteiger partial charge in [0.2, 0.25) is 0 Å². The lowest BCUT2D eigenvalue weighted by Gasteiger charge is -2.36. The lowest BCUT2D eigenvalue weighted by Crippen LogP contribution is -2.39. The second kappa shape index (κ2) is 9.77. The minimum absolute atomic E-state index is 0.0112. The molecule has 5 heteroatoms. The van der Waals surface area contributed by atoms with Gasteiger partial charge in [-0.1, -0.05) is 48.5 Å². The molecule has 0 bridgehead atoms. The second-order valence-corrected chi connectivity index (χ2v) is 8.17. The molecule has 1 atom stereocenters. The number of rotatable bonds is 6. The van der Waals surface area contributed by atoms with Gasteiger partial charge < -0.3 is 19.7 Å². The summed E-state index contributed by atoms with van der Waals surface area (Å²) < 4.78 is 10.9. The van der Waals surface area contributed by atoms with E-state index in [1.807, 2.05) is 54.3 Å². The number of methoxy groups -OCH3 is 2. The van der Waals surface area contributed by atoms with Crippen LogP contribution in [0.25, 0.3) is 0 Å². The third-order valence-corrected chi connectivity index (χ3v) is 6.16. The van der Waals surface area contributed by atoms with E-state index < -0.39 is 0 Å². The summed E-state index contributed by atoms with van der Waals surface area (Å²) in [5, 5.41) is 3.14. The van der Waals surface area contributed by atoms with E-state index in [2.05, 4.69) is 29.6 Å². The Morgan fingerprint density at radius 1 is 1.00 bits per heavy atom. The zero-order chi connectivity index (χ0) is 22.5. The molecule has 166 valence electrons. The van der Waals surface area contributed by atoms with Crippen molar-refractivity contribution in [2.75, 3.05) is 19.5 Å². The first-order chi connectivity index (χ1) is 15.6. The largest absolute Gasteiger partial charge is 0.493 e. The van der Waals surface area contributed by atoms with Crippen molar-refractivity contribution in [3.63, 3.8) is 0 Å². The number of nitrogens with zero attached hydrogens (tertiary/aromatic N) is 1. The van der Waals surface area contributed by atoms with Crippen molar-refractivity contribution in [2.45, 2.75) is 38.8 Å². The zero-order valence-corrected chi connectivity index (χ0v) is 18.9. The molecule has 0 fully saturated rings. The van der Waals surface area contributed by atoms with Gasteiger partial charge in [0, 0.05) is 12.2 Å². The molecule has 0 aromatic heterocycles. The molecule has 1 aliphatic carbocycles. The van der Waals surface area contributed by atoms with Crippen LogP contribution in [0.15, 0.2) is 66.7 Å². The smallest absolute Gasteiger partial charge is 0.322 e. The molecule has 1 unspecified atom stereocenters. The van der Waals surface area contributed by atoms with Crippen molar-refractivity contribution < 1.29 is 14.3 Å². The normalized spacial score (nSPS) is 14.9. The third kappa shape index (κ3) is 4.57. The molecule has 0 saturated carbocycles. The molecule has 0 spiro atoms. The fourth-order valence-electron chi connectivity index (χ4n) is 4.45. The summed E-state index contributed by atoms with van der Waals surface area (Å²) >= 11 is 0. The molecule has 2 amide bonds. The fraction of sp³-hybridized carbons (Fsp3) is 0.296. The molecule has 1 aliphatic rings. The van der Waals surface area contributed by atoms with E-state index in [9.17, 15) is 4.79 Å². The number of hydrogen-bond donors (Lipinski definition) is 1. The van der Waals surface area contributed by atoms with Crippen LogP contribution in [0.3, 0.4) is 0 Å². The summed E-state index contributed by atoms with van der Waals surface area (Å²) in [5.41, 5.74) is 5.42. The summed E-state index contributed by atoms with van der Waals surface area (Å²) in [4.78, 5) is 15.6. The summed E-state index contributed by atoms with van der Waals surface area (Å²) in [5.74, 6) is 1.34. The molecule has 32 heavy (non-hydrogen) atoms. The number of nitrogens with one attached hydrogen (secondary N) is 1. The first kappa shape index (κ1) is 21.8.